The van der Waals surface area contributed by atoms with Gasteiger partial charge in [0.1, 0.15) is 0 Å². The van der Waals surface area contributed by atoms with Gasteiger partial charge in [-0.2, -0.15) is 0 Å². The van der Waals surface area contributed by atoms with E-state index in [4.69, 9.17) is 11.6 Å². The zero-order valence-electron chi connectivity index (χ0n) is 17.5. The molecule has 0 N–H and O–H groups in total. The van der Waals surface area contributed by atoms with E-state index in [0.29, 0.717) is 38.7 Å². The third-order valence-electron chi connectivity index (χ3n) is 5.31. The van der Waals surface area contributed by atoms with Gasteiger partial charge >= 0.3 is 0 Å². The monoisotopic (exact) mass is 471 g/mol. The molecular weight excluding hydrogens is 450 g/mol. The van der Waals surface area contributed by atoms with Crippen molar-refractivity contribution in [2.75, 3.05) is 13.1 Å². The Morgan fingerprint density at radius 1 is 1.23 bits per heavy atom. The first-order valence-electron chi connectivity index (χ1n) is 10.0. The number of rotatable bonds is 5. The largest absolute Gasteiger partial charge is 0.339 e. The van der Waals surface area contributed by atoms with E-state index < -0.39 is 6.04 Å². The second-order valence-electron chi connectivity index (χ2n) is 7.13. The minimum absolute atomic E-state index is 0.0984. The number of benzene rings is 1. The summed E-state index contributed by atoms with van der Waals surface area (Å²) in [7, 11) is 0. The molecule has 160 valence electrons. The summed E-state index contributed by atoms with van der Waals surface area (Å²) in [4.78, 5) is 35.0. The molecule has 0 unspecified atom stereocenters. The van der Waals surface area contributed by atoms with E-state index in [2.05, 4.69) is 4.99 Å². The summed E-state index contributed by atoms with van der Waals surface area (Å²) in [5, 5.41) is 2.58. The number of carbonyl (C=O) groups is 1. The molecule has 1 aromatic carbocycles. The van der Waals surface area contributed by atoms with Crippen LogP contribution < -0.4 is 14.9 Å². The summed E-state index contributed by atoms with van der Waals surface area (Å²) in [5.41, 5.74) is 1.86. The number of thiophene rings is 1. The molecule has 1 aliphatic rings. The Labute approximate surface area is 193 Å². The summed E-state index contributed by atoms with van der Waals surface area (Å²) in [5.74, 6) is -0.0984. The van der Waals surface area contributed by atoms with E-state index in [0.717, 1.165) is 10.4 Å². The van der Waals surface area contributed by atoms with E-state index in [1.54, 1.807) is 32.9 Å². The van der Waals surface area contributed by atoms with Crippen LogP contribution in [0.25, 0.3) is 6.08 Å². The standard InChI is InChI=1S/C23H22ClN3O2S2/c1-4-26(5-2)22(29)19-14(3)25-23-27(20(19)15-8-10-16(24)11-9-15)21(28)18(31-23)13-17-7-6-12-30-17/h6-13,20H,4-5H2,1-3H3/b18-13+/t20-/m0/s1. The second kappa shape index (κ2) is 8.94. The van der Waals surface area contributed by atoms with Crippen LogP contribution in [0.4, 0.5) is 0 Å². The maximum Gasteiger partial charge on any atom is 0.271 e. The lowest BCUT2D eigenvalue weighted by Gasteiger charge is -2.29. The molecule has 31 heavy (non-hydrogen) atoms. The van der Waals surface area contributed by atoms with Crippen molar-refractivity contribution in [1.29, 1.82) is 0 Å². The van der Waals surface area contributed by atoms with E-state index in [1.165, 1.54) is 11.3 Å². The van der Waals surface area contributed by atoms with Crippen LogP contribution in [0.5, 0.6) is 0 Å². The number of thiazole rings is 1. The second-order valence-corrected chi connectivity index (χ2v) is 9.55. The quantitative estimate of drug-likeness (QED) is 0.568. The van der Waals surface area contributed by atoms with Gasteiger partial charge in [0.25, 0.3) is 11.5 Å². The Balaban J connectivity index is 1.97. The Kier molecular flexibility index (Phi) is 6.27. The molecule has 8 heteroatoms. The SMILES string of the molecule is CCN(CC)C(=O)C1=C(C)N=c2s/c(=C/c3cccs3)c(=O)n2[C@H]1c1ccc(Cl)cc1. The summed E-state index contributed by atoms with van der Waals surface area (Å²) in [6, 6.07) is 10.7. The lowest BCUT2D eigenvalue weighted by Crippen LogP contribution is -2.43. The average Bonchev–Trinajstić information content (AvgIpc) is 3.37. The fraction of sp³-hybridized carbons (Fsp3) is 0.261. The van der Waals surface area contributed by atoms with Crippen molar-refractivity contribution >= 4 is 46.3 Å². The number of hydrogen-bond acceptors (Lipinski definition) is 5. The van der Waals surface area contributed by atoms with Crippen LogP contribution >= 0.6 is 34.3 Å². The number of amides is 1. The van der Waals surface area contributed by atoms with Gasteiger partial charge in [-0.1, -0.05) is 41.1 Å². The lowest BCUT2D eigenvalue weighted by atomic mass is 9.94. The molecule has 0 spiro atoms. The highest BCUT2D eigenvalue weighted by Gasteiger charge is 2.34. The molecule has 4 rings (SSSR count). The highest BCUT2D eigenvalue weighted by atomic mass is 35.5. The molecule has 0 saturated heterocycles. The zero-order chi connectivity index (χ0) is 22.1. The Morgan fingerprint density at radius 2 is 1.94 bits per heavy atom. The molecule has 2 aromatic heterocycles. The number of allylic oxidation sites excluding steroid dienone is 1. The first kappa shape index (κ1) is 21.7. The number of halogens is 1. The molecule has 1 aliphatic heterocycles. The first-order valence-corrected chi connectivity index (χ1v) is 12.1. The Morgan fingerprint density at radius 3 is 2.55 bits per heavy atom. The smallest absolute Gasteiger partial charge is 0.271 e. The van der Waals surface area contributed by atoms with E-state index in [9.17, 15) is 9.59 Å². The third-order valence-corrected chi connectivity index (χ3v) is 7.36. The number of aromatic nitrogens is 1. The topological polar surface area (TPSA) is 54.7 Å². The Hall–Kier alpha value is -2.48. The van der Waals surface area contributed by atoms with Gasteiger partial charge in [-0.15, -0.1) is 11.3 Å². The molecule has 5 nitrogen and oxygen atoms in total. The molecular formula is C23H22ClN3O2S2. The van der Waals surface area contributed by atoms with Crippen molar-refractivity contribution in [3.63, 3.8) is 0 Å². The minimum atomic E-state index is -0.549. The van der Waals surface area contributed by atoms with E-state index >= 15 is 0 Å². The highest BCUT2D eigenvalue weighted by Crippen LogP contribution is 2.31. The van der Waals surface area contributed by atoms with E-state index in [-0.39, 0.29) is 11.5 Å². The van der Waals surface area contributed by atoms with Crippen molar-refractivity contribution in [2.45, 2.75) is 26.8 Å². The number of carbonyl (C=O) groups excluding carboxylic acids is 1. The molecule has 3 aromatic rings. The number of fused-ring (bicyclic) bond motifs is 1. The van der Waals surface area contributed by atoms with Crippen molar-refractivity contribution in [2.24, 2.45) is 4.99 Å². The summed E-state index contributed by atoms with van der Waals surface area (Å²) >= 11 is 9.04. The highest BCUT2D eigenvalue weighted by molar-refractivity contribution is 7.11. The van der Waals surface area contributed by atoms with Gasteiger partial charge < -0.3 is 4.90 Å². The third kappa shape index (κ3) is 4.05. The van der Waals surface area contributed by atoms with Gasteiger partial charge in [0.2, 0.25) is 0 Å². The van der Waals surface area contributed by atoms with Gasteiger partial charge in [0, 0.05) is 23.0 Å². The molecule has 1 atom stereocenters. The number of hydrogen-bond donors (Lipinski definition) is 0. The molecule has 3 heterocycles. The molecule has 0 saturated carbocycles. The summed E-state index contributed by atoms with van der Waals surface area (Å²) in [6.45, 7) is 6.91. The van der Waals surface area contributed by atoms with Gasteiger partial charge in [-0.3, -0.25) is 14.2 Å². The molecule has 0 bridgehead atoms. The molecule has 0 radical (unpaired) electrons. The predicted octanol–water partition coefficient (Wildman–Crippen LogP) is 3.82. The molecule has 0 fully saturated rings. The first-order chi connectivity index (χ1) is 14.9. The predicted molar refractivity (Wildman–Crippen MR) is 127 cm³/mol. The van der Waals surface area contributed by atoms with Gasteiger partial charge in [0.15, 0.2) is 4.80 Å². The lowest BCUT2D eigenvalue weighted by molar-refractivity contribution is -0.127. The maximum atomic E-state index is 13.5. The molecule has 0 aliphatic carbocycles. The van der Waals surface area contributed by atoms with E-state index in [1.807, 2.05) is 56.5 Å². The molecule has 1 amide bonds. The van der Waals surface area contributed by atoms with Gasteiger partial charge in [0.05, 0.1) is 21.8 Å². The summed E-state index contributed by atoms with van der Waals surface area (Å²) < 4.78 is 2.25. The average molecular weight is 472 g/mol. The minimum Gasteiger partial charge on any atom is -0.339 e. The van der Waals surface area contributed by atoms with Crippen LogP contribution in [0.1, 0.15) is 37.3 Å². The number of nitrogens with zero attached hydrogens (tertiary/aromatic N) is 3. The number of likely N-dealkylation sites (N-methyl/N-ethyl adjacent to an activating group) is 1. The zero-order valence-corrected chi connectivity index (χ0v) is 19.9. The fourth-order valence-corrected chi connectivity index (χ4v) is 5.63. The van der Waals surface area contributed by atoms with Crippen LogP contribution in [0.2, 0.25) is 5.02 Å². The van der Waals surface area contributed by atoms with Crippen LogP contribution in [0, 0.1) is 0 Å². The maximum absolute atomic E-state index is 13.5. The van der Waals surface area contributed by atoms with Crippen molar-refractivity contribution < 1.29 is 4.79 Å². The van der Waals surface area contributed by atoms with Crippen LogP contribution in [-0.4, -0.2) is 28.5 Å². The van der Waals surface area contributed by atoms with Crippen molar-refractivity contribution in [1.82, 2.24) is 9.47 Å². The fourth-order valence-electron chi connectivity index (χ4n) is 3.74. The van der Waals surface area contributed by atoms with Gasteiger partial charge in [-0.05, 0) is 56.0 Å². The summed E-state index contributed by atoms with van der Waals surface area (Å²) in [6.07, 6.45) is 1.89. The van der Waals surface area contributed by atoms with Crippen LogP contribution in [-0.2, 0) is 4.79 Å². The van der Waals surface area contributed by atoms with Crippen molar-refractivity contribution in [3.05, 3.63) is 88.2 Å². The van der Waals surface area contributed by atoms with Crippen molar-refractivity contribution in [3.8, 4) is 0 Å². The normalized spacial score (nSPS) is 16.3. The van der Waals surface area contributed by atoms with Crippen LogP contribution in [0.3, 0.4) is 0 Å². The Bertz CT molecular complexity index is 1310. The van der Waals surface area contributed by atoms with Gasteiger partial charge in [-0.25, -0.2) is 4.99 Å². The van der Waals surface area contributed by atoms with Crippen LogP contribution in [0.15, 0.2) is 62.8 Å².